The Labute approximate surface area is 106 Å². The molecule has 0 saturated carbocycles. The molecule has 1 fully saturated rings. The minimum absolute atomic E-state index is 0.142. The molecule has 0 aliphatic carbocycles. The molecule has 1 aliphatic rings. The quantitative estimate of drug-likeness (QED) is 0.665. The van der Waals surface area contributed by atoms with E-state index in [0.29, 0.717) is 6.10 Å². The van der Waals surface area contributed by atoms with Crippen LogP contribution in [0.1, 0.15) is 52.4 Å². The number of nitrogens with zero attached hydrogens (tertiary/aromatic N) is 1. The molecule has 1 N–H and O–H groups in total. The molecule has 1 heterocycles. The summed E-state index contributed by atoms with van der Waals surface area (Å²) in [5.74, 6) is 0. The summed E-state index contributed by atoms with van der Waals surface area (Å²) in [6.45, 7) is 8.43. The van der Waals surface area contributed by atoms with Crippen LogP contribution in [-0.4, -0.2) is 48.5 Å². The minimum atomic E-state index is -0.142. The summed E-state index contributed by atoms with van der Waals surface area (Å²) in [5.41, 5.74) is 0. The maximum Gasteiger partial charge on any atom is 0.0702 e. The van der Waals surface area contributed by atoms with Crippen LogP contribution in [0.3, 0.4) is 0 Å². The molecule has 17 heavy (non-hydrogen) atoms. The summed E-state index contributed by atoms with van der Waals surface area (Å²) in [4.78, 5) is 2.52. The van der Waals surface area contributed by atoms with Crippen molar-refractivity contribution in [1.82, 2.24) is 4.90 Å². The standard InChI is InChI=1S/C14H29NO2/c1-3-11-17-14-8-6-10-15(12-14)9-5-4-7-13(2)16/h13-14,16H,3-12H2,1-2H3. The molecule has 0 aromatic heterocycles. The fourth-order valence-electron chi connectivity index (χ4n) is 2.41. The van der Waals surface area contributed by atoms with Crippen LogP contribution >= 0.6 is 0 Å². The predicted octanol–water partition coefficient (Wildman–Crippen LogP) is 2.43. The smallest absolute Gasteiger partial charge is 0.0702 e. The average Bonchev–Trinajstić information content (AvgIpc) is 2.32. The van der Waals surface area contributed by atoms with Gasteiger partial charge in [-0.25, -0.2) is 0 Å². The zero-order chi connectivity index (χ0) is 12.5. The van der Waals surface area contributed by atoms with Crippen molar-refractivity contribution in [3.8, 4) is 0 Å². The summed E-state index contributed by atoms with van der Waals surface area (Å²) >= 11 is 0. The molecule has 1 aliphatic heterocycles. The van der Waals surface area contributed by atoms with Gasteiger partial charge in [0.05, 0.1) is 12.2 Å². The monoisotopic (exact) mass is 243 g/mol. The Morgan fingerprint density at radius 3 is 2.94 bits per heavy atom. The molecular weight excluding hydrogens is 214 g/mol. The molecule has 2 unspecified atom stereocenters. The highest BCUT2D eigenvalue weighted by molar-refractivity contribution is 4.73. The van der Waals surface area contributed by atoms with Gasteiger partial charge in [0.15, 0.2) is 0 Å². The molecule has 1 rings (SSSR count). The van der Waals surface area contributed by atoms with E-state index >= 15 is 0 Å². The van der Waals surface area contributed by atoms with Crippen LogP contribution in [0.15, 0.2) is 0 Å². The number of aliphatic hydroxyl groups is 1. The fraction of sp³-hybridized carbons (Fsp3) is 1.00. The first-order chi connectivity index (χ1) is 8.22. The number of hydrogen-bond acceptors (Lipinski definition) is 3. The maximum absolute atomic E-state index is 9.19. The average molecular weight is 243 g/mol. The van der Waals surface area contributed by atoms with Crippen molar-refractivity contribution in [2.45, 2.75) is 64.6 Å². The number of unbranched alkanes of at least 4 members (excludes halogenated alkanes) is 1. The summed E-state index contributed by atoms with van der Waals surface area (Å²) in [6.07, 6.45) is 7.20. The molecule has 0 amide bonds. The molecule has 1 saturated heterocycles. The van der Waals surface area contributed by atoms with Crippen LogP contribution in [0, 0.1) is 0 Å². The van der Waals surface area contributed by atoms with Gasteiger partial charge in [0, 0.05) is 13.2 Å². The highest BCUT2D eigenvalue weighted by atomic mass is 16.5. The van der Waals surface area contributed by atoms with Crippen LogP contribution in [0.25, 0.3) is 0 Å². The number of aliphatic hydroxyl groups excluding tert-OH is 1. The van der Waals surface area contributed by atoms with Crippen LogP contribution in [-0.2, 0) is 4.74 Å². The third-order valence-corrected chi connectivity index (χ3v) is 3.37. The van der Waals surface area contributed by atoms with Crippen molar-refractivity contribution in [2.24, 2.45) is 0 Å². The molecule has 0 radical (unpaired) electrons. The highest BCUT2D eigenvalue weighted by Crippen LogP contribution is 2.14. The number of hydrogen-bond donors (Lipinski definition) is 1. The van der Waals surface area contributed by atoms with Crippen molar-refractivity contribution < 1.29 is 9.84 Å². The highest BCUT2D eigenvalue weighted by Gasteiger charge is 2.19. The number of piperidine rings is 1. The third-order valence-electron chi connectivity index (χ3n) is 3.37. The van der Waals surface area contributed by atoms with Crippen LogP contribution in [0.5, 0.6) is 0 Å². The molecule has 0 bridgehead atoms. The van der Waals surface area contributed by atoms with E-state index in [2.05, 4.69) is 11.8 Å². The van der Waals surface area contributed by atoms with E-state index in [-0.39, 0.29) is 6.10 Å². The Hall–Kier alpha value is -0.120. The third kappa shape index (κ3) is 7.02. The van der Waals surface area contributed by atoms with Crippen molar-refractivity contribution in [3.05, 3.63) is 0 Å². The summed E-state index contributed by atoms with van der Waals surface area (Å²) in [6, 6.07) is 0. The number of ether oxygens (including phenoxy) is 1. The summed E-state index contributed by atoms with van der Waals surface area (Å²) in [5, 5.41) is 9.19. The minimum Gasteiger partial charge on any atom is -0.393 e. The number of rotatable bonds is 8. The Morgan fingerprint density at radius 1 is 1.41 bits per heavy atom. The zero-order valence-electron chi connectivity index (χ0n) is 11.5. The molecule has 3 heteroatoms. The Kier molecular flexibility index (Phi) is 7.82. The van der Waals surface area contributed by atoms with Gasteiger partial charge >= 0.3 is 0 Å². The van der Waals surface area contributed by atoms with Crippen molar-refractivity contribution in [2.75, 3.05) is 26.2 Å². The van der Waals surface area contributed by atoms with E-state index in [1.54, 1.807) is 0 Å². The fourth-order valence-corrected chi connectivity index (χ4v) is 2.41. The molecule has 0 aromatic rings. The Balaban J connectivity index is 2.07. The topological polar surface area (TPSA) is 32.7 Å². The second-order valence-electron chi connectivity index (χ2n) is 5.28. The normalized spacial score (nSPS) is 23.8. The maximum atomic E-state index is 9.19. The van der Waals surface area contributed by atoms with Gasteiger partial charge in [-0.05, 0) is 58.5 Å². The van der Waals surface area contributed by atoms with Gasteiger partial charge in [-0.2, -0.15) is 0 Å². The lowest BCUT2D eigenvalue weighted by Gasteiger charge is -2.32. The molecule has 3 nitrogen and oxygen atoms in total. The van der Waals surface area contributed by atoms with Gasteiger partial charge in [-0.1, -0.05) is 6.92 Å². The summed E-state index contributed by atoms with van der Waals surface area (Å²) in [7, 11) is 0. The zero-order valence-corrected chi connectivity index (χ0v) is 11.5. The molecular formula is C14H29NO2. The first-order valence-corrected chi connectivity index (χ1v) is 7.24. The lowest BCUT2D eigenvalue weighted by Crippen LogP contribution is -2.40. The first-order valence-electron chi connectivity index (χ1n) is 7.24. The van der Waals surface area contributed by atoms with E-state index in [9.17, 15) is 5.11 Å². The lowest BCUT2D eigenvalue weighted by molar-refractivity contribution is -0.000534. The van der Waals surface area contributed by atoms with E-state index < -0.39 is 0 Å². The molecule has 0 aromatic carbocycles. The largest absolute Gasteiger partial charge is 0.393 e. The Bertz CT molecular complexity index is 185. The SMILES string of the molecule is CCCOC1CCCN(CCCCC(C)O)C1. The van der Waals surface area contributed by atoms with Gasteiger partial charge in [-0.3, -0.25) is 0 Å². The van der Waals surface area contributed by atoms with Gasteiger partial charge in [0.1, 0.15) is 0 Å². The van der Waals surface area contributed by atoms with E-state index in [0.717, 1.165) is 32.4 Å². The molecule has 0 spiro atoms. The van der Waals surface area contributed by atoms with Crippen LogP contribution in [0.4, 0.5) is 0 Å². The lowest BCUT2D eigenvalue weighted by atomic mass is 10.1. The van der Waals surface area contributed by atoms with Gasteiger partial charge in [0.2, 0.25) is 0 Å². The van der Waals surface area contributed by atoms with E-state index in [1.807, 2.05) is 6.92 Å². The molecule has 102 valence electrons. The van der Waals surface area contributed by atoms with Gasteiger partial charge in [-0.15, -0.1) is 0 Å². The van der Waals surface area contributed by atoms with Crippen molar-refractivity contribution >= 4 is 0 Å². The van der Waals surface area contributed by atoms with Crippen molar-refractivity contribution in [1.29, 1.82) is 0 Å². The first kappa shape index (κ1) is 14.9. The van der Waals surface area contributed by atoms with Gasteiger partial charge < -0.3 is 14.7 Å². The van der Waals surface area contributed by atoms with Gasteiger partial charge in [0.25, 0.3) is 0 Å². The van der Waals surface area contributed by atoms with Crippen LogP contribution in [0.2, 0.25) is 0 Å². The van der Waals surface area contributed by atoms with Crippen LogP contribution < -0.4 is 0 Å². The van der Waals surface area contributed by atoms with E-state index in [1.165, 1.54) is 32.4 Å². The second kappa shape index (κ2) is 8.90. The number of likely N-dealkylation sites (tertiary alicyclic amines) is 1. The van der Waals surface area contributed by atoms with E-state index in [4.69, 9.17) is 4.74 Å². The Morgan fingerprint density at radius 2 is 2.24 bits per heavy atom. The predicted molar refractivity (Wildman–Crippen MR) is 71.2 cm³/mol. The summed E-state index contributed by atoms with van der Waals surface area (Å²) < 4.78 is 5.83. The second-order valence-corrected chi connectivity index (χ2v) is 5.28. The van der Waals surface area contributed by atoms with Crippen molar-refractivity contribution in [3.63, 3.8) is 0 Å². The molecule has 2 atom stereocenters.